The van der Waals surface area contributed by atoms with Gasteiger partial charge in [0, 0.05) is 36.8 Å². The van der Waals surface area contributed by atoms with Crippen molar-refractivity contribution in [3.63, 3.8) is 0 Å². The minimum Gasteiger partial charge on any atom is -0.444 e. The van der Waals surface area contributed by atoms with Crippen molar-refractivity contribution in [2.75, 3.05) is 19.6 Å². The van der Waals surface area contributed by atoms with Crippen LogP contribution in [0.15, 0.2) is 22.8 Å². The summed E-state index contributed by atoms with van der Waals surface area (Å²) in [7, 11) is 0. The van der Waals surface area contributed by atoms with Crippen molar-refractivity contribution < 1.29 is 9.53 Å². The quantitative estimate of drug-likeness (QED) is 0.885. The monoisotopic (exact) mass is 369 g/mol. The summed E-state index contributed by atoms with van der Waals surface area (Å²) in [6, 6.07) is 3.99. The SMILES string of the molecule is CC(C)(C)OC(=O)N1CCC(CNCc2ccc(Br)cn2)C1. The molecule has 1 saturated heterocycles. The smallest absolute Gasteiger partial charge is 0.410 e. The van der Waals surface area contributed by atoms with E-state index in [2.05, 4.69) is 26.2 Å². The van der Waals surface area contributed by atoms with Crippen LogP contribution < -0.4 is 5.32 Å². The minimum atomic E-state index is -0.430. The van der Waals surface area contributed by atoms with Crippen LogP contribution >= 0.6 is 15.9 Å². The molecule has 22 heavy (non-hydrogen) atoms. The highest BCUT2D eigenvalue weighted by Crippen LogP contribution is 2.19. The van der Waals surface area contributed by atoms with Crippen molar-refractivity contribution in [2.24, 2.45) is 5.92 Å². The van der Waals surface area contributed by atoms with Gasteiger partial charge in [0.25, 0.3) is 0 Å². The Labute approximate surface area is 140 Å². The van der Waals surface area contributed by atoms with Gasteiger partial charge in [0.1, 0.15) is 5.60 Å². The Kier molecular flexibility index (Phi) is 5.81. The standard InChI is InChI=1S/C16H24BrN3O2/c1-16(2,3)22-15(21)20-7-6-12(11-20)8-18-10-14-5-4-13(17)9-19-14/h4-5,9,12,18H,6-8,10-11H2,1-3H3. The molecule has 122 valence electrons. The minimum absolute atomic E-state index is 0.204. The summed E-state index contributed by atoms with van der Waals surface area (Å²) in [5.41, 5.74) is 0.589. The van der Waals surface area contributed by atoms with Crippen LogP contribution in [0.5, 0.6) is 0 Å². The van der Waals surface area contributed by atoms with Gasteiger partial charge in [-0.15, -0.1) is 0 Å². The van der Waals surface area contributed by atoms with Gasteiger partial charge >= 0.3 is 6.09 Å². The highest BCUT2D eigenvalue weighted by molar-refractivity contribution is 9.10. The maximum atomic E-state index is 12.0. The second-order valence-electron chi connectivity index (χ2n) is 6.68. The number of carbonyl (C=O) groups excluding carboxylic acids is 1. The molecule has 1 N–H and O–H groups in total. The molecule has 0 spiro atoms. The molecule has 6 heteroatoms. The van der Waals surface area contributed by atoms with Crippen LogP contribution in [0.2, 0.25) is 0 Å². The second-order valence-corrected chi connectivity index (χ2v) is 7.60. The first-order chi connectivity index (χ1) is 10.3. The highest BCUT2D eigenvalue weighted by Gasteiger charge is 2.29. The highest BCUT2D eigenvalue weighted by atomic mass is 79.9. The lowest BCUT2D eigenvalue weighted by Crippen LogP contribution is -2.36. The zero-order valence-electron chi connectivity index (χ0n) is 13.4. The third-order valence-electron chi connectivity index (χ3n) is 3.47. The lowest BCUT2D eigenvalue weighted by molar-refractivity contribution is 0.0288. The molecule has 1 amide bonds. The number of halogens is 1. The van der Waals surface area contributed by atoms with E-state index < -0.39 is 5.60 Å². The van der Waals surface area contributed by atoms with Gasteiger partial charge < -0.3 is 15.0 Å². The first kappa shape index (κ1) is 17.2. The van der Waals surface area contributed by atoms with Crippen molar-refractivity contribution in [3.05, 3.63) is 28.5 Å². The van der Waals surface area contributed by atoms with Gasteiger partial charge in [0.2, 0.25) is 0 Å². The maximum Gasteiger partial charge on any atom is 0.410 e. The van der Waals surface area contributed by atoms with Crippen LogP contribution in [0.4, 0.5) is 4.79 Å². The summed E-state index contributed by atoms with van der Waals surface area (Å²) < 4.78 is 6.39. The molecule has 5 nitrogen and oxygen atoms in total. The Balaban J connectivity index is 1.70. The van der Waals surface area contributed by atoms with Crippen LogP contribution in [0.25, 0.3) is 0 Å². The number of hydrogen-bond donors (Lipinski definition) is 1. The van der Waals surface area contributed by atoms with Gasteiger partial charge in [-0.05, 0) is 61.2 Å². The van der Waals surface area contributed by atoms with Crippen LogP contribution in [0.1, 0.15) is 32.9 Å². The summed E-state index contributed by atoms with van der Waals surface area (Å²) in [5.74, 6) is 0.475. The number of likely N-dealkylation sites (tertiary alicyclic amines) is 1. The first-order valence-corrected chi connectivity index (χ1v) is 8.42. The Morgan fingerprint density at radius 2 is 2.27 bits per heavy atom. The van der Waals surface area contributed by atoms with Gasteiger partial charge in [0.05, 0.1) is 5.69 Å². The van der Waals surface area contributed by atoms with Gasteiger partial charge in [0.15, 0.2) is 0 Å². The molecular weight excluding hydrogens is 346 g/mol. The number of amides is 1. The largest absolute Gasteiger partial charge is 0.444 e. The van der Waals surface area contributed by atoms with Crippen LogP contribution in [-0.2, 0) is 11.3 Å². The number of rotatable bonds is 4. The molecule has 0 radical (unpaired) electrons. The van der Waals surface area contributed by atoms with E-state index in [0.29, 0.717) is 5.92 Å². The number of aromatic nitrogens is 1. The van der Waals surface area contributed by atoms with Crippen LogP contribution in [0, 0.1) is 5.92 Å². The predicted octanol–water partition coefficient (Wildman–Crippen LogP) is 3.19. The molecule has 1 aromatic heterocycles. The topological polar surface area (TPSA) is 54.5 Å². The summed E-state index contributed by atoms with van der Waals surface area (Å²) in [5, 5.41) is 3.41. The molecule has 2 heterocycles. The third kappa shape index (κ3) is 5.57. The molecule has 0 aliphatic carbocycles. The summed E-state index contributed by atoms with van der Waals surface area (Å²) >= 11 is 3.38. The average Bonchev–Trinajstić information content (AvgIpc) is 2.88. The van der Waals surface area contributed by atoms with E-state index in [1.54, 1.807) is 11.1 Å². The molecule has 1 aliphatic rings. The summed E-state index contributed by atoms with van der Waals surface area (Å²) in [6.07, 6.45) is 2.61. The summed E-state index contributed by atoms with van der Waals surface area (Å²) in [4.78, 5) is 18.1. The van der Waals surface area contributed by atoms with E-state index in [-0.39, 0.29) is 6.09 Å². The van der Waals surface area contributed by atoms with E-state index >= 15 is 0 Å². The zero-order valence-corrected chi connectivity index (χ0v) is 15.0. The van der Waals surface area contributed by atoms with Gasteiger partial charge in [-0.25, -0.2) is 4.79 Å². The van der Waals surface area contributed by atoms with Crippen LogP contribution in [-0.4, -0.2) is 41.2 Å². The molecule has 0 aromatic carbocycles. The van der Waals surface area contributed by atoms with E-state index in [4.69, 9.17) is 4.74 Å². The van der Waals surface area contributed by atoms with E-state index in [1.807, 2.05) is 32.9 Å². The first-order valence-electron chi connectivity index (χ1n) is 7.62. The molecule has 2 rings (SSSR count). The fraction of sp³-hybridized carbons (Fsp3) is 0.625. The molecule has 1 aliphatic heterocycles. The number of nitrogens with zero attached hydrogens (tertiary/aromatic N) is 2. The number of carbonyl (C=O) groups is 1. The maximum absolute atomic E-state index is 12.0. The van der Waals surface area contributed by atoms with Crippen molar-refractivity contribution in [1.29, 1.82) is 0 Å². The van der Waals surface area contributed by atoms with Crippen molar-refractivity contribution in [1.82, 2.24) is 15.2 Å². The van der Waals surface area contributed by atoms with Gasteiger partial charge in [-0.3, -0.25) is 4.98 Å². The Morgan fingerprint density at radius 1 is 1.50 bits per heavy atom. The fourth-order valence-electron chi connectivity index (χ4n) is 2.41. The fourth-order valence-corrected chi connectivity index (χ4v) is 2.64. The van der Waals surface area contributed by atoms with Crippen molar-refractivity contribution >= 4 is 22.0 Å². The zero-order chi connectivity index (χ0) is 16.2. The normalized spacial score (nSPS) is 18.5. The van der Waals surface area contributed by atoms with Crippen molar-refractivity contribution in [2.45, 2.75) is 39.3 Å². The Hall–Kier alpha value is -1.14. The van der Waals surface area contributed by atoms with Crippen LogP contribution in [0.3, 0.4) is 0 Å². The third-order valence-corrected chi connectivity index (χ3v) is 3.93. The molecule has 1 atom stereocenters. The Bertz CT molecular complexity index is 499. The number of hydrogen-bond acceptors (Lipinski definition) is 4. The lowest BCUT2D eigenvalue weighted by Gasteiger charge is -2.24. The molecule has 0 bridgehead atoms. The number of ether oxygens (including phenoxy) is 1. The number of nitrogens with one attached hydrogen (secondary N) is 1. The van der Waals surface area contributed by atoms with E-state index in [0.717, 1.165) is 42.8 Å². The molecule has 0 saturated carbocycles. The summed E-state index contributed by atoms with van der Waals surface area (Å²) in [6.45, 7) is 8.85. The average molecular weight is 370 g/mol. The lowest BCUT2D eigenvalue weighted by atomic mass is 10.1. The number of pyridine rings is 1. The molecular formula is C16H24BrN3O2. The molecule has 1 unspecified atom stereocenters. The van der Waals surface area contributed by atoms with E-state index in [9.17, 15) is 4.79 Å². The van der Waals surface area contributed by atoms with Crippen molar-refractivity contribution in [3.8, 4) is 0 Å². The molecule has 1 fully saturated rings. The van der Waals surface area contributed by atoms with E-state index in [1.165, 1.54) is 0 Å². The van der Waals surface area contributed by atoms with Gasteiger partial charge in [-0.1, -0.05) is 0 Å². The van der Waals surface area contributed by atoms with Gasteiger partial charge in [-0.2, -0.15) is 0 Å². The Morgan fingerprint density at radius 3 is 2.91 bits per heavy atom. The molecule has 1 aromatic rings. The predicted molar refractivity (Wildman–Crippen MR) is 89.6 cm³/mol. The second kappa shape index (κ2) is 7.42.